The average Bonchev–Trinajstić information content (AvgIpc) is 2.84. The Morgan fingerprint density at radius 3 is 2.59 bits per heavy atom. The number of benzene rings is 2. The lowest BCUT2D eigenvalue weighted by atomic mass is 10.0. The van der Waals surface area contributed by atoms with Crippen molar-refractivity contribution in [1.29, 1.82) is 0 Å². The first-order valence-electron chi connectivity index (χ1n) is 12.4. The maximum absolute atomic E-state index is 14.3. The molecule has 1 heterocycles. The highest BCUT2D eigenvalue weighted by Gasteiger charge is 2.10. The number of hydrogen-bond donors (Lipinski definition) is 3. The average molecular weight is 472 g/mol. The van der Waals surface area contributed by atoms with E-state index in [0.29, 0.717) is 17.8 Å². The first-order valence-corrected chi connectivity index (χ1v) is 12.4. The zero-order valence-corrected chi connectivity index (χ0v) is 20.2. The van der Waals surface area contributed by atoms with E-state index in [9.17, 15) is 9.18 Å². The number of nitrogens with zero attached hydrogens (tertiary/aromatic N) is 1. The Balaban J connectivity index is 1.56. The number of rotatable bonds is 14. The van der Waals surface area contributed by atoms with Crippen molar-refractivity contribution in [3.05, 3.63) is 58.9 Å². The van der Waals surface area contributed by atoms with Gasteiger partial charge in [0.2, 0.25) is 0 Å². The summed E-state index contributed by atoms with van der Waals surface area (Å²) < 4.78 is 19.7. The van der Waals surface area contributed by atoms with Crippen molar-refractivity contribution in [2.75, 3.05) is 50.0 Å². The Hall–Kier alpha value is -2.64. The van der Waals surface area contributed by atoms with Gasteiger partial charge in [0.25, 0.3) is 0 Å². The third-order valence-electron chi connectivity index (χ3n) is 6.20. The van der Waals surface area contributed by atoms with E-state index in [1.165, 1.54) is 17.3 Å². The molecular formula is C27H38FN3O3. The molecule has 0 bridgehead atoms. The largest absolute Gasteiger partial charge is 0.481 e. The summed E-state index contributed by atoms with van der Waals surface area (Å²) >= 11 is 0. The minimum Gasteiger partial charge on any atom is -0.481 e. The second-order valence-electron chi connectivity index (χ2n) is 8.88. The molecule has 1 aliphatic heterocycles. The van der Waals surface area contributed by atoms with Gasteiger partial charge in [-0.1, -0.05) is 31.5 Å². The van der Waals surface area contributed by atoms with Crippen molar-refractivity contribution in [2.45, 2.75) is 52.0 Å². The van der Waals surface area contributed by atoms with Crippen molar-refractivity contribution in [3.8, 4) is 0 Å². The Morgan fingerprint density at radius 1 is 1.06 bits per heavy atom. The van der Waals surface area contributed by atoms with Crippen LogP contribution in [0.3, 0.4) is 0 Å². The first-order chi connectivity index (χ1) is 16.5. The van der Waals surface area contributed by atoms with Crippen LogP contribution in [0.5, 0.6) is 0 Å². The summed E-state index contributed by atoms with van der Waals surface area (Å²) in [6, 6.07) is 11.4. The summed E-state index contributed by atoms with van der Waals surface area (Å²) in [4.78, 5) is 13.2. The molecule has 0 amide bonds. The maximum atomic E-state index is 14.3. The number of morpholine rings is 1. The van der Waals surface area contributed by atoms with Crippen molar-refractivity contribution in [3.63, 3.8) is 0 Å². The molecule has 0 aromatic heterocycles. The van der Waals surface area contributed by atoms with Crippen LogP contribution in [0.25, 0.3) is 0 Å². The molecule has 1 fully saturated rings. The van der Waals surface area contributed by atoms with Gasteiger partial charge in [-0.05, 0) is 67.1 Å². The van der Waals surface area contributed by atoms with Crippen LogP contribution >= 0.6 is 0 Å². The molecule has 186 valence electrons. The molecule has 0 atom stereocenters. The molecule has 0 unspecified atom stereocenters. The molecule has 0 aliphatic carbocycles. The molecule has 0 spiro atoms. The maximum Gasteiger partial charge on any atom is 0.303 e. The molecule has 3 N–H and O–H groups in total. The second-order valence-corrected chi connectivity index (χ2v) is 8.88. The first kappa shape index (κ1) is 26.0. The lowest BCUT2D eigenvalue weighted by molar-refractivity contribution is -0.136. The topological polar surface area (TPSA) is 73.8 Å². The van der Waals surface area contributed by atoms with Gasteiger partial charge in [0.15, 0.2) is 0 Å². The predicted octanol–water partition coefficient (Wildman–Crippen LogP) is 4.93. The molecule has 0 radical (unpaired) electrons. The number of anilines is 2. The van der Waals surface area contributed by atoms with E-state index < -0.39 is 5.97 Å². The van der Waals surface area contributed by atoms with Gasteiger partial charge in [-0.3, -0.25) is 9.69 Å². The van der Waals surface area contributed by atoms with E-state index in [1.54, 1.807) is 12.1 Å². The van der Waals surface area contributed by atoms with E-state index in [1.807, 2.05) is 0 Å². The van der Waals surface area contributed by atoms with Gasteiger partial charge >= 0.3 is 5.97 Å². The van der Waals surface area contributed by atoms with Crippen molar-refractivity contribution >= 4 is 17.3 Å². The van der Waals surface area contributed by atoms with Gasteiger partial charge < -0.3 is 20.5 Å². The SMILES string of the molecule is CCCCc1ccc(CNc2ccc(CCC(=O)O)c(F)c2)cc1NCCCN1CCOCC1. The quantitative estimate of drug-likeness (QED) is 0.339. The van der Waals surface area contributed by atoms with Crippen molar-refractivity contribution in [1.82, 2.24) is 4.90 Å². The number of carbonyl (C=O) groups is 1. The van der Waals surface area contributed by atoms with Gasteiger partial charge in [-0.2, -0.15) is 0 Å². The smallest absolute Gasteiger partial charge is 0.303 e. The van der Waals surface area contributed by atoms with Gasteiger partial charge in [-0.15, -0.1) is 0 Å². The van der Waals surface area contributed by atoms with Crippen molar-refractivity contribution in [2.24, 2.45) is 0 Å². The van der Waals surface area contributed by atoms with Crippen LogP contribution in [0.2, 0.25) is 0 Å². The molecule has 7 heteroatoms. The Kier molecular flexibility index (Phi) is 10.6. The number of halogens is 1. The third-order valence-corrected chi connectivity index (χ3v) is 6.20. The van der Waals surface area contributed by atoms with Crippen LogP contribution in [0.1, 0.15) is 49.3 Å². The highest BCUT2D eigenvalue weighted by molar-refractivity contribution is 5.67. The zero-order valence-electron chi connectivity index (χ0n) is 20.2. The fourth-order valence-corrected chi connectivity index (χ4v) is 4.14. The van der Waals surface area contributed by atoms with Gasteiger partial charge in [-0.25, -0.2) is 4.39 Å². The van der Waals surface area contributed by atoms with Crippen LogP contribution in [0.4, 0.5) is 15.8 Å². The standard InChI is InChI=1S/C27H38FN3O3/c1-2-3-5-23-7-6-21(18-26(23)29-12-4-13-31-14-16-34-17-15-31)20-30-24-10-8-22(25(28)19-24)9-11-27(32)33/h6-8,10,18-19,29-30H,2-5,9,11-17,20H2,1H3,(H,32,33). The highest BCUT2D eigenvalue weighted by atomic mass is 19.1. The van der Waals surface area contributed by atoms with Gasteiger partial charge in [0, 0.05) is 44.0 Å². The summed E-state index contributed by atoms with van der Waals surface area (Å²) in [6.07, 6.45) is 4.58. The Morgan fingerprint density at radius 2 is 1.85 bits per heavy atom. The minimum absolute atomic E-state index is 0.0731. The minimum atomic E-state index is -0.922. The molecule has 34 heavy (non-hydrogen) atoms. The predicted molar refractivity (Wildman–Crippen MR) is 135 cm³/mol. The normalized spacial score (nSPS) is 14.2. The molecule has 6 nitrogen and oxygen atoms in total. The van der Waals surface area contributed by atoms with E-state index in [-0.39, 0.29) is 18.7 Å². The summed E-state index contributed by atoms with van der Waals surface area (Å²) in [6.45, 7) is 8.50. The number of carboxylic acids is 1. The number of carboxylic acid groups (broad SMARTS) is 1. The highest BCUT2D eigenvalue weighted by Crippen LogP contribution is 2.22. The number of aliphatic carboxylic acids is 1. The second kappa shape index (κ2) is 13.9. The molecule has 2 aromatic carbocycles. The van der Waals surface area contributed by atoms with E-state index in [2.05, 4.69) is 40.7 Å². The lowest BCUT2D eigenvalue weighted by Crippen LogP contribution is -2.37. The van der Waals surface area contributed by atoms with Crippen molar-refractivity contribution < 1.29 is 19.0 Å². The van der Waals surface area contributed by atoms with Crippen LogP contribution < -0.4 is 10.6 Å². The molecule has 1 saturated heterocycles. The number of nitrogens with one attached hydrogen (secondary N) is 2. The molecule has 1 aliphatic rings. The number of hydrogen-bond acceptors (Lipinski definition) is 5. The monoisotopic (exact) mass is 471 g/mol. The lowest BCUT2D eigenvalue weighted by Gasteiger charge is -2.26. The van der Waals surface area contributed by atoms with Crippen LogP contribution in [-0.2, 0) is 28.9 Å². The van der Waals surface area contributed by atoms with E-state index >= 15 is 0 Å². The fraction of sp³-hybridized carbons (Fsp3) is 0.519. The van der Waals surface area contributed by atoms with Crippen LogP contribution in [0, 0.1) is 5.82 Å². The number of aryl methyl sites for hydroxylation is 2. The molecule has 3 rings (SSSR count). The van der Waals surface area contributed by atoms with E-state index in [4.69, 9.17) is 9.84 Å². The Labute approximate surface area is 202 Å². The summed E-state index contributed by atoms with van der Waals surface area (Å²) in [7, 11) is 0. The number of ether oxygens (including phenoxy) is 1. The van der Waals surface area contributed by atoms with Crippen LogP contribution in [-0.4, -0.2) is 55.4 Å². The molecule has 2 aromatic rings. The van der Waals surface area contributed by atoms with Crippen LogP contribution in [0.15, 0.2) is 36.4 Å². The summed E-state index contributed by atoms with van der Waals surface area (Å²) in [5.74, 6) is -1.29. The number of unbranched alkanes of at least 4 members (excludes halogenated alkanes) is 1. The van der Waals surface area contributed by atoms with E-state index in [0.717, 1.165) is 70.6 Å². The Bertz CT molecular complexity index is 916. The molecular weight excluding hydrogens is 433 g/mol. The fourth-order valence-electron chi connectivity index (χ4n) is 4.14. The summed E-state index contributed by atoms with van der Waals surface area (Å²) in [5.41, 5.74) is 4.77. The van der Waals surface area contributed by atoms with Gasteiger partial charge in [0.1, 0.15) is 5.82 Å². The zero-order chi connectivity index (χ0) is 24.2. The summed E-state index contributed by atoms with van der Waals surface area (Å²) in [5, 5.41) is 15.7. The molecule has 0 saturated carbocycles. The van der Waals surface area contributed by atoms with Gasteiger partial charge in [0.05, 0.1) is 13.2 Å². The third kappa shape index (κ3) is 8.61.